The van der Waals surface area contributed by atoms with Crippen molar-refractivity contribution >= 4 is 32.9 Å². The number of carbonyl (C=O) groups excluding carboxylic acids is 1. The number of hydrogen-bond acceptors (Lipinski definition) is 4. The maximum absolute atomic E-state index is 12.2. The van der Waals surface area contributed by atoms with Gasteiger partial charge >= 0.3 is 0 Å². The van der Waals surface area contributed by atoms with Crippen molar-refractivity contribution in [3.8, 4) is 5.75 Å². The number of benzene rings is 2. The molecule has 0 spiro atoms. The van der Waals surface area contributed by atoms with Crippen molar-refractivity contribution in [2.75, 3.05) is 7.11 Å². The molecule has 2 aromatic carbocycles. The van der Waals surface area contributed by atoms with Gasteiger partial charge in [0.05, 0.1) is 7.11 Å². The highest BCUT2D eigenvalue weighted by Crippen LogP contribution is 2.20. The minimum Gasteiger partial charge on any atom is -0.497 e. The van der Waals surface area contributed by atoms with Gasteiger partial charge in [0.2, 0.25) is 0 Å². The fourth-order valence-corrected chi connectivity index (χ4v) is 2.43. The summed E-state index contributed by atoms with van der Waals surface area (Å²) in [6.07, 6.45) is 0. The zero-order chi connectivity index (χ0) is 15.5. The Morgan fingerprint density at radius 2 is 2.05 bits per heavy atom. The van der Waals surface area contributed by atoms with Gasteiger partial charge in [-0.2, -0.15) is 0 Å². The van der Waals surface area contributed by atoms with E-state index in [1.807, 2.05) is 24.3 Å². The predicted octanol–water partition coefficient (Wildman–Crippen LogP) is 3.53. The van der Waals surface area contributed by atoms with Gasteiger partial charge in [0, 0.05) is 28.0 Å². The number of nitrogens with zero attached hydrogens (tertiary/aromatic N) is 1. The van der Waals surface area contributed by atoms with Crippen molar-refractivity contribution in [3.63, 3.8) is 0 Å². The molecule has 6 heteroatoms. The van der Waals surface area contributed by atoms with Crippen molar-refractivity contribution in [1.29, 1.82) is 0 Å². The second-order valence-electron chi connectivity index (χ2n) is 4.68. The van der Waals surface area contributed by atoms with Crippen LogP contribution in [-0.4, -0.2) is 18.0 Å². The minimum absolute atomic E-state index is 0.156. The highest BCUT2D eigenvalue weighted by atomic mass is 79.9. The molecule has 0 aliphatic carbocycles. The van der Waals surface area contributed by atoms with Gasteiger partial charge in [-0.3, -0.25) is 4.79 Å². The molecule has 1 N–H and O–H groups in total. The molecule has 5 nitrogen and oxygen atoms in total. The van der Waals surface area contributed by atoms with E-state index >= 15 is 0 Å². The average molecular weight is 361 g/mol. The molecule has 3 aromatic rings. The molecular formula is C16H13BrN2O3. The number of nitrogens with one attached hydrogen (secondary N) is 1. The van der Waals surface area contributed by atoms with Gasteiger partial charge in [-0.1, -0.05) is 12.1 Å². The van der Waals surface area contributed by atoms with Crippen LogP contribution in [0.3, 0.4) is 0 Å². The number of hydrogen-bond donors (Lipinski definition) is 1. The van der Waals surface area contributed by atoms with E-state index in [4.69, 9.17) is 9.15 Å². The molecule has 0 atom stereocenters. The van der Waals surface area contributed by atoms with E-state index in [2.05, 4.69) is 26.2 Å². The molecule has 0 saturated carbocycles. The van der Waals surface area contributed by atoms with Crippen LogP contribution in [0.5, 0.6) is 5.75 Å². The lowest BCUT2D eigenvalue weighted by molar-refractivity contribution is 0.0951. The largest absolute Gasteiger partial charge is 0.497 e. The van der Waals surface area contributed by atoms with Gasteiger partial charge in [-0.15, -0.1) is 0 Å². The fraction of sp³-hybridized carbons (Fsp3) is 0.125. The molecule has 112 valence electrons. The molecule has 22 heavy (non-hydrogen) atoms. The summed E-state index contributed by atoms with van der Waals surface area (Å²) >= 11 is 3.17. The first-order chi connectivity index (χ1) is 10.7. The summed E-state index contributed by atoms with van der Waals surface area (Å²) in [5.41, 5.74) is 2.82. The monoisotopic (exact) mass is 360 g/mol. The summed E-state index contributed by atoms with van der Waals surface area (Å²) in [5.74, 6) is 0.633. The smallest absolute Gasteiger partial charge is 0.265 e. The average Bonchev–Trinajstić information content (AvgIpc) is 2.92. The minimum atomic E-state index is -0.156. The van der Waals surface area contributed by atoms with Gasteiger partial charge < -0.3 is 14.5 Å². The second kappa shape index (κ2) is 6.19. The Balaban J connectivity index is 1.69. The van der Waals surface area contributed by atoms with Crippen molar-refractivity contribution in [2.45, 2.75) is 6.54 Å². The van der Waals surface area contributed by atoms with Crippen molar-refractivity contribution in [1.82, 2.24) is 10.3 Å². The van der Waals surface area contributed by atoms with Gasteiger partial charge in [-0.25, -0.2) is 4.98 Å². The molecule has 0 saturated heterocycles. The zero-order valence-corrected chi connectivity index (χ0v) is 13.4. The first kappa shape index (κ1) is 14.6. The highest BCUT2D eigenvalue weighted by molar-refractivity contribution is 9.10. The molecule has 0 bridgehead atoms. The zero-order valence-electron chi connectivity index (χ0n) is 11.8. The quantitative estimate of drug-likeness (QED) is 0.772. The molecule has 0 fully saturated rings. The topological polar surface area (TPSA) is 64.4 Å². The first-order valence-electron chi connectivity index (χ1n) is 6.63. The summed E-state index contributed by atoms with van der Waals surface area (Å²) in [4.78, 5) is 16.7. The van der Waals surface area contributed by atoms with Crippen molar-refractivity contribution < 1.29 is 13.9 Å². The summed E-state index contributed by atoms with van der Waals surface area (Å²) < 4.78 is 10.4. The van der Waals surface area contributed by atoms with Crippen LogP contribution < -0.4 is 10.1 Å². The number of oxazole rings is 1. The molecule has 0 radical (unpaired) electrons. The van der Waals surface area contributed by atoms with E-state index in [0.717, 1.165) is 11.3 Å². The highest BCUT2D eigenvalue weighted by Gasteiger charge is 2.09. The van der Waals surface area contributed by atoms with Crippen LogP contribution in [0.2, 0.25) is 0 Å². The van der Waals surface area contributed by atoms with Gasteiger partial charge in [-0.05, 0) is 35.9 Å². The predicted molar refractivity (Wildman–Crippen MR) is 85.9 cm³/mol. The van der Waals surface area contributed by atoms with E-state index in [1.54, 1.807) is 25.3 Å². The Morgan fingerprint density at radius 1 is 1.27 bits per heavy atom. The second-order valence-corrected chi connectivity index (χ2v) is 5.36. The third-order valence-corrected chi connectivity index (χ3v) is 3.57. The van der Waals surface area contributed by atoms with Crippen LogP contribution in [-0.2, 0) is 6.54 Å². The summed E-state index contributed by atoms with van der Waals surface area (Å²) in [6.45, 7) is 0.448. The Labute approximate surface area is 135 Å². The Morgan fingerprint density at radius 3 is 2.77 bits per heavy atom. The Kier molecular flexibility index (Phi) is 4.11. The maximum Gasteiger partial charge on any atom is 0.265 e. The number of fused-ring (bicyclic) bond motifs is 1. The molecule has 1 aromatic heterocycles. The summed E-state index contributed by atoms with van der Waals surface area (Å²) in [6, 6.07) is 12.7. The van der Waals surface area contributed by atoms with E-state index in [1.165, 1.54) is 0 Å². The lowest BCUT2D eigenvalue weighted by atomic mass is 10.1. The molecule has 0 aliphatic heterocycles. The van der Waals surface area contributed by atoms with Crippen molar-refractivity contribution in [2.24, 2.45) is 0 Å². The molecule has 0 aliphatic rings. The SMILES string of the molecule is COc1ccc(CNC(=O)c2ccc3oc(Br)nc3c2)cc1. The number of rotatable bonds is 4. The Hall–Kier alpha value is -2.34. The maximum atomic E-state index is 12.2. The standard InChI is InChI=1S/C16H13BrN2O3/c1-21-12-5-2-10(3-6-12)9-18-15(20)11-4-7-14-13(8-11)19-16(17)22-14/h2-8H,9H2,1H3,(H,18,20). The lowest BCUT2D eigenvalue weighted by Gasteiger charge is -2.06. The van der Waals surface area contributed by atoms with E-state index in [0.29, 0.717) is 28.0 Å². The van der Waals surface area contributed by atoms with Crippen LogP contribution in [0.15, 0.2) is 51.7 Å². The third-order valence-electron chi connectivity index (χ3n) is 3.24. The number of amides is 1. The molecule has 1 amide bonds. The van der Waals surface area contributed by atoms with E-state index < -0.39 is 0 Å². The summed E-state index contributed by atoms with van der Waals surface area (Å²) in [5, 5.41) is 2.87. The number of methoxy groups -OCH3 is 1. The van der Waals surface area contributed by atoms with Crippen molar-refractivity contribution in [3.05, 3.63) is 58.4 Å². The van der Waals surface area contributed by atoms with Crippen LogP contribution in [0.25, 0.3) is 11.1 Å². The normalized spacial score (nSPS) is 10.6. The fourth-order valence-electron chi connectivity index (χ4n) is 2.07. The third kappa shape index (κ3) is 3.12. The van der Waals surface area contributed by atoms with Gasteiger partial charge in [0.25, 0.3) is 10.7 Å². The number of halogens is 1. The molecule has 0 unspecified atom stereocenters. The lowest BCUT2D eigenvalue weighted by Crippen LogP contribution is -2.22. The summed E-state index contributed by atoms with van der Waals surface area (Å²) in [7, 11) is 1.62. The molecule has 3 rings (SSSR count). The van der Waals surface area contributed by atoms with E-state index in [-0.39, 0.29) is 5.91 Å². The van der Waals surface area contributed by atoms with Gasteiger partial charge in [0.15, 0.2) is 5.58 Å². The van der Waals surface area contributed by atoms with Crippen LogP contribution in [0.4, 0.5) is 0 Å². The molecular weight excluding hydrogens is 348 g/mol. The number of carbonyl (C=O) groups is 1. The first-order valence-corrected chi connectivity index (χ1v) is 7.42. The number of ether oxygens (including phenoxy) is 1. The van der Waals surface area contributed by atoms with Crippen LogP contribution >= 0.6 is 15.9 Å². The van der Waals surface area contributed by atoms with Gasteiger partial charge in [0.1, 0.15) is 11.3 Å². The Bertz CT molecular complexity index is 812. The van der Waals surface area contributed by atoms with E-state index in [9.17, 15) is 4.79 Å². The number of aromatic nitrogens is 1. The van der Waals surface area contributed by atoms with Crippen LogP contribution in [0, 0.1) is 0 Å². The van der Waals surface area contributed by atoms with Crippen LogP contribution in [0.1, 0.15) is 15.9 Å². The molecule has 1 heterocycles.